The number of fused-ring (bicyclic) bond motifs is 2. The topological polar surface area (TPSA) is 118 Å². The Kier molecular flexibility index (Phi) is 6.75. The van der Waals surface area contributed by atoms with Crippen LogP contribution in [0.1, 0.15) is 54.5 Å². The van der Waals surface area contributed by atoms with Crippen molar-refractivity contribution in [1.82, 2.24) is 24.7 Å². The highest BCUT2D eigenvalue weighted by Crippen LogP contribution is 2.26. The predicted molar refractivity (Wildman–Crippen MR) is 139 cm³/mol. The second-order valence-electron chi connectivity index (χ2n) is 8.93. The number of nitrogens with zero attached hydrogens (tertiary/aromatic N) is 3. The molecule has 0 unspecified atom stereocenters. The van der Waals surface area contributed by atoms with Gasteiger partial charge in [0.15, 0.2) is 0 Å². The van der Waals surface area contributed by atoms with Gasteiger partial charge in [0.2, 0.25) is 5.91 Å². The van der Waals surface area contributed by atoms with Crippen molar-refractivity contribution >= 4 is 28.2 Å². The van der Waals surface area contributed by atoms with Crippen LogP contribution in [0.15, 0.2) is 79.3 Å². The first-order valence-corrected chi connectivity index (χ1v) is 12.1. The molecule has 0 saturated carbocycles. The fraction of sp³-hybridized carbons (Fsp3) is 0.214. The summed E-state index contributed by atoms with van der Waals surface area (Å²) in [7, 11) is 0. The summed E-state index contributed by atoms with van der Waals surface area (Å²) < 4.78 is 1.82. The van der Waals surface area contributed by atoms with Gasteiger partial charge in [0.25, 0.3) is 5.91 Å². The summed E-state index contributed by atoms with van der Waals surface area (Å²) >= 11 is 0. The first-order valence-electron chi connectivity index (χ1n) is 12.1. The number of nitrogens with one attached hydrogen (secondary N) is 2. The van der Waals surface area contributed by atoms with Crippen molar-refractivity contribution in [1.29, 1.82) is 0 Å². The van der Waals surface area contributed by atoms with Crippen molar-refractivity contribution in [3.63, 3.8) is 0 Å². The van der Waals surface area contributed by atoms with Crippen LogP contribution in [0.3, 0.4) is 0 Å². The average Bonchev–Trinajstić information content (AvgIpc) is 3.55. The fourth-order valence-corrected chi connectivity index (χ4v) is 4.40. The predicted octanol–water partition coefficient (Wildman–Crippen LogP) is 4.78. The SMILES string of the molecule is NC(=O)CCCCC[C@H](NC(=O)c1cn2ccccc2n1)c1ncc(-c2ccc3ccccc3c2)[nH]1. The number of aromatic nitrogens is 4. The van der Waals surface area contributed by atoms with Crippen LogP contribution in [0, 0.1) is 0 Å². The van der Waals surface area contributed by atoms with Gasteiger partial charge in [-0.25, -0.2) is 9.97 Å². The Hall–Kier alpha value is -4.46. The second kappa shape index (κ2) is 10.4. The number of unbranched alkanes of at least 4 members (excludes halogenated alkanes) is 2. The van der Waals surface area contributed by atoms with Crippen molar-refractivity contribution in [2.75, 3.05) is 0 Å². The standard InChI is InChI=1S/C28H28N6O2/c29-25(35)11-3-1-2-10-22(33-28(36)24-18-34-15-7-6-12-26(34)31-24)27-30-17-23(32-27)21-14-13-19-8-4-5-9-20(19)16-21/h4-9,12-18,22H,1-3,10-11H2,(H2,29,35)(H,30,32)(H,33,36)/t22-/m0/s1. The minimum atomic E-state index is -0.329. The quantitative estimate of drug-likeness (QED) is 0.249. The number of aromatic amines is 1. The lowest BCUT2D eigenvalue weighted by atomic mass is 10.1. The van der Waals surface area contributed by atoms with Gasteiger partial charge in [-0.05, 0) is 41.8 Å². The summed E-state index contributed by atoms with van der Waals surface area (Å²) in [6.07, 6.45) is 8.79. The Bertz CT molecular complexity index is 1490. The third-order valence-electron chi connectivity index (χ3n) is 6.30. The number of amides is 2. The zero-order chi connectivity index (χ0) is 24.9. The van der Waals surface area contributed by atoms with Gasteiger partial charge >= 0.3 is 0 Å². The normalized spacial score (nSPS) is 12.1. The molecule has 0 radical (unpaired) electrons. The van der Waals surface area contributed by atoms with Crippen LogP contribution in [0.25, 0.3) is 27.7 Å². The van der Waals surface area contributed by atoms with E-state index < -0.39 is 0 Å². The number of benzene rings is 2. The van der Waals surface area contributed by atoms with Gasteiger partial charge in [0.05, 0.1) is 17.9 Å². The maximum absolute atomic E-state index is 13.1. The summed E-state index contributed by atoms with van der Waals surface area (Å²) in [6.45, 7) is 0. The van der Waals surface area contributed by atoms with E-state index in [-0.39, 0.29) is 17.9 Å². The van der Waals surface area contributed by atoms with Gasteiger partial charge < -0.3 is 20.4 Å². The molecule has 2 amide bonds. The van der Waals surface area contributed by atoms with Crippen molar-refractivity contribution in [2.24, 2.45) is 5.73 Å². The number of nitrogens with two attached hydrogens (primary N) is 1. The van der Waals surface area contributed by atoms with Crippen LogP contribution < -0.4 is 11.1 Å². The maximum Gasteiger partial charge on any atom is 0.272 e. The Morgan fingerprint density at radius 3 is 2.67 bits per heavy atom. The molecule has 0 aliphatic heterocycles. The van der Waals surface area contributed by atoms with Crippen LogP contribution in [0.4, 0.5) is 0 Å². The summed E-state index contributed by atoms with van der Waals surface area (Å²) in [6, 6.07) is 19.8. The van der Waals surface area contributed by atoms with E-state index in [1.807, 2.05) is 40.9 Å². The number of imidazole rings is 2. The summed E-state index contributed by atoms with van der Waals surface area (Å²) in [4.78, 5) is 36.6. The molecular formula is C28H28N6O2. The van der Waals surface area contributed by atoms with Crippen molar-refractivity contribution in [3.8, 4) is 11.3 Å². The lowest BCUT2D eigenvalue weighted by Crippen LogP contribution is -2.29. The van der Waals surface area contributed by atoms with E-state index in [0.29, 0.717) is 30.0 Å². The Morgan fingerprint density at radius 1 is 1.00 bits per heavy atom. The summed E-state index contributed by atoms with van der Waals surface area (Å²) in [5.41, 5.74) is 8.23. The van der Waals surface area contributed by atoms with E-state index in [1.165, 1.54) is 5.39 Å². The number of carbonyl (C=O) groups is 2. The third kappa shape index (κ3) is 5.27. The van der Waals surface area contributed by atoms with Crippen LogP contribution in [-0.2, 0) is 4.79 Å². The molecule has 0 fully saturated rings. The number of H-pyrrole nitrogens is 1. The zero-order valence-electron chi connectivity index (χ0n) is 19.9. The van der Waals surface area contributed by atoms with Crippen molar-refractivity contribution in [2.45, 2.75) is 38.1 Å². The molecule has 3 heterocycles. The summed E-state index contributed by atoms with van der Waals surface area (Å²) in [5, 5.41) is 5.43. The monoisotopic (exact) mass is 480 g/mol. The molecule has 0 aliphatic rings. The zero-order valence-corrected chi connectivity index (χ0v) is 19.9. The maximum atomic E-state index is 13.1. The largest absolute Gasteiger partial charge is 0.370 e. The molecule has 36 heavy (non-hydrogen) atoms. The number of hydrogen-bond donors (Lipinski definition) is 3. The molecule has 3 aromatic heterocycles. The van der Waals surface area contributed by atoms with E-state index >= 15 is 0 Å². The highest BCUT2D eigenvalue weighted by atomic mass is 16.2. The number of rotatable bonds is 10. The van der Waals surface area contributed by atoms with Gasteiger partial charge in [0.1, 0.15) is 17.2 Å². The Labute approximate surface area is 208 Å². The highest BCUT2D eigenvalue weighted by molar-refractivity contribution is 5.93. The molecule has 8 nitrogen and oxygen atoms in total. The minimum Gasteiger partial charge on any atom is -0.370 e. The molecular weight excluding hydrogens is 452 g/mol. The average molecular weight is 481 g/mol. The molecule has 5 aromatic rings. The first-order chi connectivity index (χ1) is 17.6. The van der Waals surface area contributed by atoms with Gasteiger partial charge in [-0.3, -0.25) is 9.59 Å². The molecule has 182 valence electrons. The minimum absolute atomic E-state index is 0.260. The highest BCUT2D eigenvalue weighted by Gasteiger charge is 2.21. The smallest absolute Gasteiger partial charge is 0.272 e. The molecule has 4 N–H and O–H groups in total. The lowest BCUT2D eigenvalue weighted by molar-refractivity contribution is -0.118. The molecule has 0 aliphatic carbocycles. The van der Waals surface area contributed by atoms with Crippen LogP contribution in [0.5, 0.6) is 0 Å². The van der Waals surface area contributed by atoms with Crippen LogP contribution in [-0.4, -0.2) is 31.2 Å². The fourth-order valence-electron chi connectivity index (χ4n) is 4.40. The molecule has 2 aromatic carbocycles. The third-order valence-corrected chi connectivity index (χ3v) is 6.30. The van der Waals surface area contributed by atoms with E-state index in [4.69, 9.17) is 5.73 Å². The van der Waals surface area contributed by atoms with E-state index in [2.05, 4.69) is 50.6 Å². The molecule has 8 heteroatoms. The van der Waals surface area contributed by atoms with Crippen LogP contribution in [0.2, 0.25) is 0 Å². The number of carbonyl (C=O) groups excluding carboxylic acids is 2. The van der Waals surface area contributed by atoms with Crippen molar-refractivity contribution in [3.05, 3.63) is 90.8 Å². The number of primary amides is 1. The summed E-state index contributed by atoms with van der Waals surface area (Å²) in [5.74, 6) is 0.132. The van der Waals surface area contributed by atoms with Gasteiger partial charge in [-0.15, -0.1) is 0 Å². The number of hydrogen-bond acceptors (Lipinski definition) is 4. The molecule has 0 spiro atoms. The first kappa shape index (κ1) is 23.3. The Balaban J connectivity index is 1.36. The van der Waals surface area contributed by atoms with Gasteiger partial charge in [0, 0.05) is 24.4 Å². The van der Waals surface area contributed by atoms with Gasteiger partial charge in [-0.2, -0.15) is 0 Å². The Morgan fingerprint density at radius 2 is 1.83 bits per heavy atom. The lowest BCUT2D eigenvalue weighted by Gasteiger charge is -2.16. The van der Waals surface area contributed by atoms with Crippen LogP contribution >= 0.6 is 0 Å². The molecule has 5 rings (SSSR count). The van der Waals surface area contributed by atoms with E-state index in [0.717, 1.165) is 35.9 Å². The molecule has 0 saturated heterocycles. The molecule has 1 atom stereocenters. The second-order valence-corrected chi connectivity index (χ2v) is 8.93. The van der Waals surface area contributed by atoms with E-state index in [9.17, 15) is 9.59 Å². The van der Waals surface area contributed by atoms with Gasteiger partial charge in [-0.1, -0.05) is 55.3 Å². The van der Waals surface area contributed by atoms with Crippen molar-refractivity contribution < 1.29 is 9.59 Å². The van der Waals surface area contributed by atoms with E-state index in [1.54, 1.807) is 12.4 Å². The molecule has 0 bridgehead atoms. The number of pyridine rings is 1.